The highest BCUT2D eigenvalue weighted by Gasteiger charge is 2.29. The zero-order valence-electron chi connectivity index (χ0n) is 12.7. The van der Waals surface area contributed by atoms with Crippen molar-refractivity contribution in [3.05, 3.63) is 30.3 Å². The van der Waals surface area contributed by atoms with Crippen LogP contribution >= 0.6 is 0 Å². The van der Waals surface area contributed by atoms with E-state index in [-0.39, 0.29) is 11.9 Å². The van der Waals surface area contributed by atoms with Crippen LogP contribution in [0, 0.1) is 11.8 Å². The van der Waals surface area contributed by atoms with Gasteiger partial charge < -0.3 is 10.6 Å². The zero-order chi connectivity index (χ0) is 14.5. The fourth-order valence-corrected chi connectivity index (χ4v) is 2.99. The molecule has 1 aliphatic carbocycles. The molecule has 1 saturated carbocycles. The number of anilines is 1. The summed E-state index contributed by atoms with van der Waals surface area (Å²) in [4.78, 5) is 12.2. The normalized spacial score (nSPS) is 27.9. The van der Waals surface area contributed by atoms with Crippen LogP contribution in [0.5, 0.6) is 0 Å². The molecule has 0 radical (unpaired) electrons. The van der Waals surface area contributed by atoms with E-state index in [1.54, 1.807) is 0 Å². The summed E-state index contributed by atoms with van der Waals surface area (Å²) in [6, 6.07) is 9.93. The summed E-state index contributed by atoms with van der Waals surface area (Å²) in [6.45, 7) is 6.56. The Bertz CT molecular complexity index is 432. The van der Waals surface area contributed by atoms with Crippen LogP contribution < -0.4 is 10.6 Å². The van der Waals surface area contributed by atoms with E-state index < -0.39 is 0 Å². The maximum absolute atomic E-state index is 12.2. The van der Waals surface area contributed by atoms with Crippen molar-refractivity contribution in [2.75, 3.05) is 5.32 Å². The van der Waals surface area contributed by atoms with Crippen LogP contribution in [0.15, 0.2) is 30.3 Å². The molecule has 2 N–H and O–H groups in total. The highest BCUT2D eigenvalue weighted by Crippen LogP contribution is 2.29. The van der Waals surface area contributed by atoms with Crippen molar-refractivity contribution in [3.63, 3.8) is 0 Å². The van der Waals surface area contributed by atoms with Gasteiger partial charge in [0.05, 0.1) is 6.04 Å². The molecule has 110 valence electrons. The quantitative estimate of drug-likeness (QED) is 0.883. The molecule has 3 nitrogen and oxygen atoms in total. The third kappa shape index (κ3) is 3.83. The van der Waals surface area contributed by atoms with E-state index in [2.05, 4.69) is 24.5 Å². The number of carbonyl (C=O) groups is 1. The van der Waals surface area contributed by atoms with Crippen LogP contribution in [0.2, 0.25) is 0 Å². The van der Waals surface area contributed by atoms with E-state index in [9.17, 15) is 4.79 Å². The first kappa shape index (κ1) is 15.0. The Hall–Kier alpha value is -1.35. The number of hydrogen-bond acceptors (Lipinski definition) is 2. The van der Waals surface area contributed by atoms with Crippen LogP contribution in [0.25, 0.3) is 0 Å². The van der Waals surface area contributed by atoms with Gasteiger partial charge in [0.1, 0.15) is 0 Å². The first-order valence-corrected chi connectivity index (χ1v) is 7.70. The van der Waals surface area contributed by atoms with Crippen molar-refractivity contribution in [1.29, 1.82) is 0 Å². The van der Waals surface area contributed by atoms with Crippen LogP contribution in [-0.4, -0.2) is 18.0 Å². The number of benzene rings is 1. The molecule has 0 bridgehead atoms. The summed E-state index contributed by atoms with van der Waals surface area (Å²) < 4.78 is 0. The molecule has 3 heteroatoms. The molecule has 0 aromatic heterocycles. The molecule has 1 amide bonds. The van der Waals surface area contributed by atoms with E-state index in [4.69, 9.17) is 0 Å². The number of rotatable bonds is 4. The van der Waals surface area contributed by atoms with Crippen molar-refractivity contribution >= 4 is 11.6 Å². The smallest absolute Gasteiger partial charge is 0.241 e. The second-order valence-electron chi connectivity index (χ2n) is 6.12. The van der Waals surface area contributed by atoms with Crippen LogP contribution in [-0.2, 0) is 4.79 Å². The van der Waals surface area contributed by atoms with E-state index >= 15 is 0 Å². The average Bonchev–Trinajstić information content (AvgIpc) is 2.45. The summed E-state index contributed by atoms with van der Waals surface area (Å²) in [5, 5.41) is 6.46. The average molecular weight is 274 g/mol. The maximum atomic E-state index is 12.2. The van der Waals surface area contributed by atoms with Gasteiger partial charge in [-0.3, -0.25) is 4.79 Å². The molecule has 0 aliphatic heterocycles. The molecule has 1 fully saturated rings. The lowest BCUT2D eigenvalue weighted by molar-refractivity contribution is -0.118. The molecule has 1 aromatic rings. The van der Waals surface area contributed by atoms with Gasteiger partial charge in [-0.2, -0.15) is 0 Å². The highest BCUT2D eigenvalue weighted by molar-refractivity contribution is 5.94. The lowest BCUT2D eigenvalue weighted by Crippen LogP contribution is -2.49. The van der Waals surface area contributed by atoms with Crippen LogP contribution in [0.4, 0.5) is 5.69 Å². The molecule has 0 unspecified atom stereocenters. The summed E-state index contributed by atoms with van der Waals surface area (Å²) in [5.74, 6) is 1.42. The Morgan fingerprint density at radius 3 is 2.60 bits per heavy atom. The Labute approximate surface area is 122 Å². The lowest BCUT2D eigenvalue weighted by atomic mass is 9.78. The lowest BCUT2D eigenvalue weighted by Gasteiger charge is -2.36. The van der Waals surface area contributed by atoms with Crippen molar-refractivity contribution < 1.29 is 4.79 Å². The minimum absolute atomic E-state index is 0.0432. The van der Waals surface area contributed by atoms with Gasteiger partial charge in [-0.25, -0.2) is 0 Å². The number of hydrogen-bond donors (Lipinski definition) is 2. The van der Waals surface area contributed by atoms with Crippen molar-refractivity contribution in [2.45, 2.75) is 52.1 Å². The minimum atomic E-state index is -0.159. The summed E-state index contributed by atoms with van der Waals surface area (Å²) >= 11 is 0. The largest absolute Gasteiger partial charge is 0.325 e. The molecular formula is C17H26N2O. The van der Waals surface area contributed by atoms with Gasteiger partial charge in [-0.1, -0.05) is 44.9 Å². The first-order valence-electron chi connectivity index (χ1n) is 7.70. The zero-order valence-corrected chi connectivity index (χ0v) is 12.7. The Morgan fingerprint density at radius 1 is 1.20 bits per heavy atom. The van der Waals surface area contributed by atoms with Crippen LogP contribution in [0.1, 0.15) is 40.0 Å². The molecule has 1 aliphatic rings. The summed E-state index contributed by atoms with van der Waals surface area (Å²) in [6.07, 6.45) is 3.74. The third-order valence-corrected chi connectivity index (χ3v) is 4.61. The fraction of sp³-hybridized carbons (Fsp3) is 0.588. The Morgan fingerprint density at radius 2 is 1.90 bits per heavy atom. The highest BCUT2D eigenvalue weighted by atomic mass is 16.2. The van der Waals surface area contributed by atoms with Gasteiger partial charge >= 0.3 is 0 Å². The Balaban J connectivity index is 1.87. The van der Waals surface area contributed by atoms with E-state index in [1.807, 2.05) is 37.3 Å². The number of nitrogens with one attached hydrogen (secondary N) is 2. The molecular weight excluding hydrogens is 248 g/mol. The number of para-hydroxylation sites is 1. The molecule has 0 saturated heterocycles. The van der Waals surface area contributed by atoms with Gasteiger partial charge in [0.25, 0.3) is 0 Å². The van der Waals surface area contributed by atoms with E-state index in [0.717, 1.165) is 11.6 Å². The minimum Gasteiger partial charge on any atom is -0.325 e. The number of amides is 1. The van der Waals surface area contributed by atoms with Gasteiger partial charge in [0.2, 0.25) is 5.91 Å². The van der Waals surface area contributed by atoms with E-state index in [1.165, 1.54) is 19.3 Å². The molecule has 1 aromatic carbocycles. The van der Waals surface area contributed by atoms with Gasteiger partial charge in [-0.05, 0) is 37.3 Å². The third-order valence-electron chi connectivity index (χ3n) is 4.61. The topological polar surface area (TPSA) is 41.1 Å². The monoisotopic (exact) mass is 274 g/mol. The van der Waals surface area contributed by atoms with Gasteiger partial charge in [-0.15, -0.1) is 0 Å². The van der Waals surface area contributed by atoms with Crippen molar-refractivity contribution in [1.82, 2.24) is 5.32 Å². The first-order chi connectivity index (χ1) is 9.58. The number of carbonyl (C=O) groups excluding carboxylic acids is 1. The molecule has 0 spiro atoms. The second-order valence-corrected chi connectivity index (χ2v) is 6.12. The van der Waals surface area contributed by atoms with Crippen LogP contribution in [0.3, 0.4) is 0 Å². The van der Waals surface area contributed by atoms with Gasteiger partial charge in [0, 0.05) is 11.7 Å². The van der Waals surface area contributed by atoms with Crippen molar-refractivity contribution in [3.8, 4) is 0 Å². The molecule has 2 rings (SSSR count). The predicted molar refractivity (Wildman–Crippen MR) is 83.6 cm³/mol. The summed E-state index contributed by atoms with van der Waals surface area (Å²) in [7, 11) is 0. The maximum Gasteiger partial charge on any atom is 0.241 e. The predicted octanol–water partition coefficient (Wildman–Crippen LogP) is 3.43. The SMILES string of the molecule is C[C@@H]1[C@@H](C)CCC[C@H]1N[C@@H](C)C(=O)Nc1ccccc1. The second kappa shape index (κ2) is 6.89. The van der Waals surface area contributed by atoms with Crippen molar-refractivity contribution in [2.24, 2.45) is 11.8 Å². The molecule has 0 heterocycles. The van der Waals surface area contributed by atoms with E-state index in [0.29, 0.717) is 12.0 Å². The standard InChI is InChI=1S/C17H26N2O/c1-12-8-7-11-16(13(12)2)18-14(3)17(20)19-15-9-5-4-6-10-15/h4-6,9-10,12-14,16,18H,7-8,11H2,1-3H3,(H,19,20)/t12-,13+,14-,16+/m0/s1. The fourth-order valence-electron chi connectivity index (χ4n) is 2.99. The molecule has 20 heavy (non-hydrogen) atoms. The van der Waals surface area contributed by atoms with Gasteiger partial charge in [0.15, 0.2) is 0 Å². The molecule has 4 atom stereocenters. The Kier molecular flexibility index (Phi) is 5.18. The summed E-state index contributed by atoms with van der Waals surface area (Å²) in [5.41, 5.74) is 0.858.